The highest BCUT2D eigenvalue weighted by molar-refractivity contribution is 14.1. The second-order valence-corrected chi connectivity index (χ2v) is 4.72. The quantitative estimate of drug-likeness (QED) is 0.496. The van der Waals surface area contributed by atoms with Gasteiger partial charge in [0, 0.05) is 0 Å². The Morgan fingerprint density at radius 2 is 2.17 bits per heavy atom. The van der Waals surface area contributed by atoms with Crippen molar-refractivity contribution in [1.82, 2.24) is 19.5 Å². The van der Waals surface area contributed by atoms with Crippen LogP contribution < -0.4 is 0 Å². The summed E-state index contributed by atoms with van der Waals surface area (Å²) in [5, 5.41) is 4.17. The van der Waals surface area contributed by atoms with Gasteiger partial charge in [-0.1, -0.05) is 0 Å². The molecule has 0 N–H and O–H groups in total. The average molecular weight is 404 g/mol. The number of hydrogen-bond acceptors (Lipinski definition) is 3. The Hall–Kier alpha value is 0.440. The molecule has 0 spiro atoms. The largest absolute Gasteiger partial charge is 0.247 e. The molecule has 0 radical (unpaired) electrons. The van der Waals surface area contributed by atoms with Gasteiger partial charge in [0.25, 0.3) is 0 Å². The summed E-state index contributed by atoms with van der Waals surface area (Å²) in [7, 11) is 2.48. The molecule has 0 fully saturated rings. The predicted octanol–water partition coefficient (Wildman–Crippen LogP) is 1.67. The predicted molar refractivity (Wildman–Crippen MR) is 65.9 cm³/mol. The van der Waals surface area contributed by atoms with Crippen molar-refractivity contribution >= 4 is 65.7 Å². The fourth-order valence-corrected chi connectivity index (χ4v) is 2.36. The van der Waals surface area contributed by atoms with Crippen LogP contribution in [-0.2, 0) is 0 Å². The van der Waals surface area contributed by atoms with Gasteiger partial charge in [0.1, 0.15) is 9.22 Å². The molecule has 7 heteroatoms. The highest BCUT2D eigenvalue weighted by Crippen LogP contribution is 2.18. The fourth-order valence-electron chi connectivity index (χ4n) is 0.853. The number of aromatic nitrogens is 4. The Morgan fingerprint density at radius 1 is 1.42 bits per heavy atom. The lowest BCUT2D eigenvalue weighted by molar-refractivity contribution is 1.00. The monoisotopic (exact) mass is 404 g/mol. The van der Waals surface area contributed by atoms with Crippen LogP contribution in [0.1, 0.15) is 0 Å². The summed E-state index contributed by atoms with van der Waals surface area (Å²) in [6.45, 7) is 0. The molecule has 2 heterocycles. The molecule has 0 saturated carbocycles. The van der Waals surface area contributed by atoms with Gasteiger partial charge in [-0.15, -0.1) is 0 Å². The summed E-state index contributed by atoms with van der Waals surface area (Å²) >= 11 is 4.27. The van der Waals surface area contributed by atoms with Crippen LogP contribution in [0.5, 0.6) is 0 Å². The summed E-state index contributed by atoms with van der Waals surface area (Å²) in [6.07, 6.45) is 1.73. The van der Waals surface area contributed by atoms with Crippen molar-refractivity contribution in [2.75, 3.05) is 0 Å². The van der Waals surface area contributed by atoms with Crippen molar-refractivity contribution < 1.29 is 0 Å². The Morgan fingerprint density at radius 3 is 2.92 bits per heavy atom. The van der Waals surface area contributed by atoms with E-state index in [9.17, 15) is 0 Å². The van der Waals surface area contributed by atoms with Gasteiger partial charge < -0.3 is 0 Å². The van der Waals surface area contributed by atoms with E-state index in [0.29, 0.717) is 0 Å². The third kappa shape index (κ3) is 1.44. The lowest BCUT2D eigenvalue weighted by Gasteiger charge is -1.91. The third-order valence-electron chi connectivity index (χ3n) is 1.33. The van der Waals surface area contributed by atoms with E-state index in [0.717, 1.165) is 18.6 Å². The van der Waals surface area contributed by atoms with Crippen LogP contribution in [0.3, 0.4) is 0 Å². The fraction of sp³-hybridized carbons (Fsp3) is 0. The standard InChI is InChI=1S/C5H3I2N4P/c6-2-1-8-3-4(7)10-11(12)5(3)9-2/h1H,12H2. The summed E-state index contributed by atoms with van der Waals surface area (Å²) in [5.74, 6) is 0. The summed E-state index contributed by atoms with van der Waals surface area (Å²) in [5.41, 5.74) is 1.65. The zero-order valence-corrected chi connectivity index (χ0v) is 11.2. The average Bonchev–Trinajstić information content (AvgIpc) is 2.28. The smallest absolute Gasteiger partial charge is 0.181 e. The van der Waals surface area contributed by atoms with E-state index in [1.807, 2.05) is 0 Å². The summed E-state index contributed by atoms with van der Waals surface area (Å²) in [4.78, 5) is 8.52. The van der Waals surface area contributed by atoms with Crippen LogP contribution >= 0.6 is 54.6 Å². The highest BCUT2D eigenvalue weighted by atomic mass is 127. The van der Waals surface area contributed by atoms with Crippen LogP contribution in [0.4, 0.5) is 0 Å². The Labute approximate surface area is 98.1 Å². The summed E-state index contributed by atoms with van der Waals surface area (Å²) < 4.78 is 3.41. The first-order valence-electron chi connectivity index (χ1n) is 3.00. The first kappa shape index (κ1) is 9.01. The topological polar surface area (TPSA) is 43.6 Å². The second kappa shape index (κ2) is 3.30. The molecule has 2 rings (SSSR count). The molecule has 0 amide bonds. The SMILES string of the molecule is Pn1nc(I)c2ncc(I)nc21. The Kier molecular flexibility index (Phi) is 2.48. The van der Waals surface area contributed by atoms with Crippen LogP contribution in [-0.4, -0.2) is 19.5 Å². The lowest BCUT2D eigenvalue weighted by Crippen LogP contribution is -1.88. The zero-order valence-electron chi connectivity index (χ0n) is 5.70. The van der Waals surface area contributed by atoms with E-state index in [1.54, 1.807) is 10.6 Å². The number of halogens is 2. The molecule has 0 aliphatic carbocycles. The highest BCUT2D eigenvalue weighted by Gasteiger charge is 2.08. The van der Waals surface area contributed by atoms with E-state index in [-0.39, 0.29) is 0 Å². The van der Waals surface area contributed by atoms with Gasteiger partial charge in [0.2, 0.25) is 0 Å². The van der Waals surface area contributed by atoms with Gasteiger partial charge in [0.15, 0.2) is 9.35 Å². The Balaban J connectivity index is 2.90. The van der Waals surface area contributed by atoms with Gasteiger partial charge in [-0.3, -0.25) is 0 Å². The van der Waals surface area contributed by atoms with Crippen molar-refractivity contribution in [2.45, 2.75) is 0 Å². The van der Waals surface area contributed by atoms with E-state index in [2.05, 4.69) is 69.6 Å². The van der Waals surface area contributed by atoms with Crippen molar-refractivity contribution in [2.24, 2.45) is 0 Å². The minimum absolute atomic E-state index is 0.802. The van der Waals surface area contributed by atoms with E-state index in [1.165, 1.54) is 0 Å². The molecule has 12 heavy (non-hydrogen) atoms. The first-order chi connectivity index (χ1) is 5.68. The molecule has 62 valence electrons. The molecule has 2 aromatic heterocycles. The molecule has 0 bridgehead atoms. The molecule has 0 saturated heterocycles. The molecular formula is C5H3I2N4P. The van der Waals surface area contributed by atoms with Crippen molar-refractivity contribution in [1.29, 1.82) is 0 Å². The second-order valence-electron chi connectivity index (χ2n) is 2.10. The zero-order chi connectivity index (χ0) is 8.72. The third-order valence-corrected chi connectivity index (χ3v) is 2.94. The number of nitrogens with zero attached hydrogens (tertiary/aromatic N) is 4. The Bertz CT molecular complexity index is 440. The number of fused-ring (bicyclic) bond motifs is 1. The van der Waals surface area contributed by atoms with Crippen molar-refractivity contribution in [3.05, 3.63) is 13.6 Å². The van der Waals surface area contributed by atoms with Gasteiger partial charge in [-0.2, -0.15) is 5.10 Å². The van der Waals surface area contributed by atoms with Crippen LogP contribution in [0.15, 0.2) is 6.20 Å². The normalized spacial score (nSPS) is 10.9. The molecule has 0 aromatic carbocycles. The van der Waals surface area contributed by atoms with Crippen LogP contribution in [0, 0.1) is 7.40 Å². The van der Waals surface area contributed by atoms with E-state index >= 15 is 0 Å². The maximum Gasteiger partial charge on any atom is 0.181 e. The maximum atomic E-state index is 4.30. The van der Waals surface area contributed by atoms with E-state index < -0.39 is 0 Å². The molecular weight excluding hydrogens is 401 g/mol. The molecule has 4 nitrogen and oxygen atoms in total. The summed E-state index contributed by atoms with van der Waals surface area (Å²) in [6, 6.07) is 0. The molecule has 0 aliphatic heterocycles. The van der Waals surface area contributed by atoms with Crippen LogP contribution in [0.25, 0.3) is 11.2 Å². The first-order valence-corrected chi connectivity index (χ1v) is 5.67. The van der Waals surface area contributed by atoms with Crippen molar-refractivity contribution in [3.8, 4) is 0 Å². The van der Waals surface area contributed by atoms with Gasteiger partial charge >= 0.3 is 0 Å². The number of hydrogen-bond donors (Lipinski definition) is 0. The molecule has 2 aromatic rings. The van der Waals surface area contributed by atoms with Gasteiger partial charge in [0.05, 0.1) is 6.20 Å². The molecule has 1 atom stereocenters. The maximum absolute atomic E-state index is 4.30. The van der Waals surface area contributed by atoms with Crippen LogP contribution in [0.2, 0.25) is 0 Å². The van der Waals surface area contributed by atoms with Crippen molar-refractivity contribution in [3.63, 3.8) is 0 Å². The molecule has 1 unspecified atom stereocenters. The minimum atomic E-state index is 0.802. The lowest BCUT2D eigenvalue weighted by atomic mass is 10.6. The van der Waals surface area contributed by atoms with Gasteiger partial charge in [-0.05, 0) is 54.6 Å². The minimum Gasteiger partial charge on any atom is -0.247 e. The molecule has 0 aliphatic rings. The van der Waals surface area contributed by atoms with Gasteiger partial charge in [-0.25, -0.2) is 14.4 Å². The van der Waals surface area contributed by atoms with E-state index in [4.69, 9.17) is 0 Å². The number of rotatable bonds is 0.